The lowest BCUT2D eigenvalue weighted by Crippen LogP contribution is -2.41. The summed E-state index contributed by atoms with van der Waals surface area (Å²) >= 11 is 0. The molecule has 0 spiro atoms. The molecular formula is C32H33F3N6O8S. The van der Waals surface area contributed by atoms with Crippen LogP contribution in [-0.4, -0.2) is 65.7 Å². The fourth-order valence-electron chi connectivity index (χ4n) is 4.35. The zero-order chi connectivity index (χ0) is 36.6. The van der Waals surface area contributed by atoms with E-state index in [1.165, 1.54) is 31.2 Å². The smallest absolute Gasteiger partial charge is 0.435 e. The Morgan fingerprint density at radius 2 is 1.66 bits per heavy atom. The Morgan fingerprint density at radius 1 is 1.02 bits per heavy atom. The summed E-state index contributed by atoms with van der Waals surface area (Å²) in [7, 11) is -4.48. The van der Waals surface area contributed by atoms with Crippen molar-refractivity contribution < 1.29 is 50.5 Å². The van der Waals surface area contributed by atoms with Gasteiger partial charge in [0.25, 0.3) is 16.3 Å². The van der Waals surface area contributed by atoms with Crippen molar-refractivity contribution in [2.24, 2.45) is 5.28 Å². The van der Waals surface area contributed by atoms with Gasteiger partial charge in [-0.1, -0.05) is 48.0 Å². The lowest BCUT2D eigenvalue weighted by Gasteiger charge is -2.21. The quantitative estimate of drug-likeness (QED) is 0.0569. The average Bonchev–Trinajstić information content (AvgIpc) is 3.52. The molecule has 4 rings (SSSR count). The molecule has 0 aliphatic heterocycles. The molecule has 1 atom stereocenters. The average molecular weight is 719 g/mol. The fraction of sp³-hybridized carbons (Fsp3) is 0.281. The molecule has 50 heavy (non-hydrogen) atoms. The first kappa shape index (κ1) is 37.2. The summed E-state index contributed by atoms with van der Waals surface area (Å²) in [6, 6.07) is 19.9. The third-order valence-electron chi connectivity index (χ3n) is 6.87. The lowest BCUT2D eigenvalue weighted by molar-refractivity contribution is -0.719. The summed E-state index contributed by atoms with van der Waals surface area (Å²) in [5.41, 5.74) is 0.747. The third-order valence-corrected chi connectivity index (χ3v) is 8.20. The Hall–Kier alpha value is -5.65. The molecule has 0 saturated carbocycles. The number of hydrazine groups is 1. The number of ether oxygens (including phenoxy) is 2. The Morgan fingerprint density at radius 3 is 2.26 bits per heavy atom. The van der Waals surface area contributed by atoms with Gasteiger partial charge >= 0.3 is 18.2 Å². The third kappa shape index (κ3) is 9.71. The van der Waals surface area contributed by atoms with E-state index < -0.39 is 52.9 Å². The summed E-state index contributed by atoms with van der Waals surface area (Å²) in [6.07, 6.45) is -7.30. The van der Waals surface area contributed by atoms with Crippen LogP contribution in [0.2, 0.25) is 0 Å². The monoisotopic (exact) mass is 718 g/mol. The van der Waals surface area contributed by atoms with Crippen LogP contribution in [0.15, 0.2) is 95.1 Å². The largest absolute Gasteiger partial charge is 0.569 e. The number of aryl methyl sites for hydroxylation is 1. The van der Waals surface area contributed by atoms with Crippen molar-refractivity contribution in [1.82, 2.24) is 19.5 Å². The molecule has 4 aromatic rings. The van der Waals surface area contributed by atoms with Crippen LogP contribution in [0.4, 0.5) is 18.0 Å². The molecule has 0 bridgehead atoms. The minimum Gasteiger partial charge on any atom is -0.569 e. The first-order chi connectivity index (χ1) is 23.5. The number of rotatable bonds is 13. The Kier molecular flexibility index (Phi) is 11.7. The number of sulfonamides is 1. The van der Waals surface area contributed by atoms with Crippen molar-refractivity contribution in [1.29, 1.82) is 0 Å². The maximum absolute atomic E-state index is 13.5. The van der Waals surface area contributed by atoms with E-state index in [-0.39, 0.29) is 33.4 Å². The van der Waals surface area contributed by atoms with E-state index in [4.69, 9.17) is 14.3 Å². The Labute approximate surface area is 285 Å². The van der Waals surface area contributed by atoms with Gasteiger partial charge in [-0.25, -0.2) is 27.4 Å². The highest BCUT2D eigenvalue weighted by Crippen LogP contribution is 2.33. The molecule has 1 aromatic heterocycles. The molecule has 0 saturated heterocycles. The normalized spacial score (nSPS) is 12.7. The highest BCUT2D eigenvalue weighted by molar-refractivity contribution is 7.90. The van der Waals surface area contributed by atoms with Crippen LogP contribution in [0, 0.1) is 12.1 Å². The van der Waals surface area contributed by atoms with Gasteiger partial charge in [0.15, 0.2) is 5.69 Å². The first-order valence-corrected chi connectivity index (χ1v) is 16.4. The summed E-state index contributed by atoms with van der Waals surface area (Å²) < 4.78 is 79.1. The highest BCUT2D eigenvalue weighted by Gasteiger charge is 2.35. The maximum atomic E-state index is 13.5. The minimum atomic E-state index is -4.73. The molecule has 0 aliphatic rings. The van der Waals surface area contributed by atoms with Gasteiger partial charge in [0, 0.05) is 12.5 Å². The van der Waals surface area contributed by atoms with Gasteiger partial charge in [0.05, 0.1) is 32.9 Å². The van der Waals surface area contributed by atoms with Crippen LogP contribution in [0.5, 0.6) is 0 Å². The lowest BCUT2D eigenvalue weighted by atomic mass is 10.1. The van der Waals surface area contributed by atoms with Gasteiger partial charge in [-0.15, -0.1) is 5.01 Å². The van der Waals surface area contributed by atoms with Crippen molar-refractivity contribution in [2.75, 3.05) is 13.2 Å². The minimum absolute atomic E-state index is 0.0681. The van der Waals surface area contributed by atoms with Crippen LogP contribution >= 0.6 is 0 Å². The van der Waals surface area contributed by atoms with Crippen LogP contribution in [0.25, 0.3) is 16.9 Å². The summed E-state index contributed by atoms with van der Waals surface area (Å²) in [4.78, 5) is 29.1. The van der Waals surface area contributed by atoms with Gasteiger partial charge in [-0.05, 0) is 63.2 Å². The van der Waals surface area contributed by atoms with Crippen LogP contribution in [-0.2, 0) is 30.5 Å². The topological polar surface area (TPSA) is 167 Å². The van der Waals surface area contributed by atoms with Crippen molar-refractivity contribution in [3.63, 3.8) is 0 Å². The van der Waals surface area contributed by atoms with Crippen molar-refractivity contribution in [3.05, 3.63) is 107 Å². The van der Waals surface area contributed by atoms with Crippen molar-refractivity contribution >= 4 is 22.1 Å². The second-order valence-electron chi connectivity index (χ2n) is 11.0. The zero-order valence-corrected chi connectivity index (χ0v) is 28.0. The van der Waals surface area contributed by atoms with Crippen LogP contribution < -0.4 is 4.72 Å². The number of carbonyl (C=O) groups is 2. The molecule has 1 N–H and O–H groups in total. The second-order valence-corrected chi connectivity index (χ2v) is 12.6. The molecule has 1 heterocycles. The Bertz CT molecular complexity index is 1920. The predicted octanol–water partition coefficient (Wildman–Crippen LogP) is 6.00. The number of halogens is 3. The summed E-state index contributed by atoms with van der Waals surface area (Å²) in [5, 5.41) is 20.7. The zero-order valence-electron chi connectivity index (χ0n) is 27.2. The number of benzene rings is 3. The molecule has 0 radical (unpaired) electrons. The molecule has 14 nitrogen and oxygen atoms in total. The molecule has 0 aliphatic carbocycles. The molecule has 266 valence electrons. The number of carbonyl (C=O) groups excluding carboxylic acids is 2. The molecular weight excluding hydrogens is 685 g/mol. The number of nitrogens with zero attached hydrogens (tertiary/aromatic N) is 5. The van der Waals surface area contributed by atoms with Crippen molar-refractivity contribution in [3.8, 4) is 16.9 Å². The number of amides is 1. The molecule has 0 fully saturated rings. The molecule has 3 aromatic carbocycles. The number of esters is 1. The van der Waals surface area contributed by atoms with Gasteiger partial charge < -0.3 is 14.7 Å². The Balaban J connectivity index is 1.35. The van der Waals surface area contributed by atoms with E-state index in [0.29, 0.717) is 5.56 Å². The van der Waals surface area contributed by atoms with Crippen LogP contribution in [0.3, 0.4) is 0 Å². The van der Waals surface area contributed by atoms with E-state index in [1.54, 1.807) is 61.0 Å². The van der Waals surface area contributed by atoms with E-state index >= 15 is 0 Å². The molecule has 18 heteroatoms. The number of hydrogen-bond acceptors (Lipinski definition) is 10. The van der Waals surface area contributed by atoms with Gasteiger partial charge in [-0.3, -0.25) is 4.84 Å². The second kappa shape index (κ2) is 15.7. The standard InChI is InChI=1S/C32H33F3N6O8S/c1-21(2)39(41(44)38-49-23(4)48-30(42)25-8-6-5-7-9-25)18-19-47-31(43)37-50(45,46)27-16-14-26(15-17-27)40-28(20-29(36-40)32(33,34)35)24-12-10-22(3)11-13-24/h5-17,20-21,23H,18-19H2,1-4H3,(H,37,43)/b41-38-. The van der Waals surface area contributed by atoms with Gasteiger partial charge in [0.1, 0.15) is 13.2 Å². The maximum Gasteiger partial charge on any atom is 0.435 e. The van der Waals surface area contributed by atoms with Gasteiger partial charge in [-0.2, -0.15) is 18.3 Å². The number of alkyl halides is 3. The van der Waals surface area contributed by atoms with E-state index in [1.807, 2.05) is 6.92 Å². The number of nitrogens with one attached hydrogen (secondary N) is 1. The van der Waals surface area contributed by atoms with Crippen LogP contribution in [0.1, 0.15) is 42.4 Å². The fourth-order valence-corrected chi connectivity index (χ4v) is 5.24. The summed E-state index contributed by atoms with van der Waals surface area (Å²) in [5.74, 6) is -0.693. The first-order valence-electron chi connectivity index (χ1n) is 15.0. The van der Waals surface area contributed by atoms with E-state index in [0.717, 1.165) is 33.5 Å². The SMILES string of the molecule is Cc1ccc(-c2cc(C(F)(F)F)nn2-c2ccc(S(=O)(=O)NC(=O)OCCN(C(C)C)/[N+]([O-])=N/OC(C)OC(=O)c3ccccc3)cc2)cc1. The van der Waals surface area contributed by atoms with Gasteiger partial charge in [0.2, 0.25) is 5.28 Å². The highest BCUT2D eigenvalue weighted by atomic mass is 32.2. The molecule has 1 unspecified atom stereocenters. The summed E-state index contributed by atoms with van der Waals surface area (Å²) in [6.45, 7) is 5.75. The predicted molar refractivity (Wildman–Crippen MR) is 171 cm³/mol. The molecule has 1 amide bonds. The number of aromatic nitrogens is 2. The van der Waals surface area contributed by atoms with E-state index in [2.05, 4.69) is 10.4 Å². The van der Waals surface area contributed by atoms with E-state index in [9.17, 15) is 36.4 Å². The number of hydrogen-bond donors (Lipinski definition) is 1. The van der Waals surface area contributed by atoms with Crippen molar-refractivity contribution in [2.45, 2.75) is 51.1 Å².